The molecule has 0 aromatic heterocycles. The highest BCUT2D eigenvalue weighted by atomic mass is 79.9. The molecule has 0 spiro atoms. The molecule has 0 radical (unpaired) electrons. The van der Waals surface area contributed by atoms with Gasteiger partial charge in [-0.25, -0.2) is 0 Å². The lowest BCUT2D eigenvalue weighted by Gasteiger charge is -2.18. The van der Waals surface area contributed by atoms with Crippen molar-refractivity contribution in [1.82, 2.24) is 5.32 Å². The van der Waals surface area contributed by atoms with E-state index in [4.69, 9.17) is 16.7 Å². The number of nitrogens with one attached hydrogen (secondary N) is 1. The fourth-order valence-electron chi connectivity index (χ4n) is 1.51. The van der Waals surface area contributed by atoms with Crippen LogP contribution >= 0.6 is 27.5 Å². The minimum absolute atomic E-state index is 0.0263. The molecule has 0 aliphatic heterocycles. The van der Waals surface area contributed by atoms with Crippen LogP contribution in [0.5, 0.6) is 0 Å². The van der Waals surface area contributed by atoms with Crippen molar-refractivity contribution < 1.29 is 9.90 Å². The van der Waals surface area contributed by atoms with E-state index in [2.05, 4.69) is 21.2 Å². The van der Waals surface area contributed by atoms with E-state index in [1.165, 1.54) is 0 Å². The summed E-state index contributed by atoms with van der Waals surface area (Å²) in [6.45, 7) is 4.18. The molecule has 3 nitrogen and oxygen atoms in total. The molecule has 94 valence electrons. The zero-order valence-electron chi connectivity index (χ0n) is 9.71. The van der Waals surface area contributed by atoms with Crippen LogP contribution in [0.15, 0.2) is 22.7 Å². The summed E-state index contributed by atoms with van der Waals surface area (Å²) in [6, 6.07) is 4.95. The lowest BCUT2D eigenvalue weighted by atomic mass is 10.0. The van der Waals surface area contributed by atoms with Crippen molar-refractivity contribution in [2.24, 2.45) is 5.92 Å². The van der Waals surface area contributed by atoms with Gasteiger partial charge in [-0.2, -0.15) is 0 Å². The first-order valence-electron chi connectivity index (χ1n) is 5.32. The summed E-state index contributed by atoms with van der Waals surface area (Å²) in [7, 11) is 0. The average molecular weight is 321 g/mol. The van der Waals surface area contributed by atoms with Crippen LogP contribution in [0.4, 0.5) is 0 Å². The second-order valence-electron chi connectivity index (χ2n) is 4.18. The summed E-state index contributed by atoms with van der Waals surface area (Å²) in [5, 5.41) is 12.7. The van der Waals surface area contributed by atoms with Crippen molar-refractivity contribution in [3.05, 3.63) is 33.3 Å². The predicted octanol–water partition coefficient (Wildman–Crippen LogP) is 3.30. The van der Waals surface area contributed by atoms with Gasteiger partial charge in [-0.15, -0.1) is 0 Å². The monoisotopic (exact) mass is 319 g/mol. The molecule has 0 fully saturated rings. The maximum absolute atomic E-state index is 11.0. The molecule has 0 amide bonds. The lowest BCUT2D eigenvalue weighted by molar-refractivity contribution is -0.140. The van der Waals surface area contributed by atoms with Crippen LogP contribution in [0, 0.1) is 5.92 Å². The summed E-state index contributed by atoms with van der Waals surface area (Å²) in [5.41, 5.74) is 0.882. The number of benzene rings is 1. The van der Waals surface area contributed by atoms with Crippen molar-refractivity contribution in [2.45, 2.75) is 26.4 Å². The number of carboxylic acids is 1. The number of halogens is 2. The van der Waals surface area contributed by atoms with Gasteiger partial charge in [0.15, 0.2) is 0 Å². The van der Waals surface area contributed by atoms with Gasteiger partial charge in [0.25, 0.3) is 0 Å². The summed E-state index contributed by atoms with van der Waals surface area (Å²) in [6.07, 6.45) is 0. The number of aliphatic carboxylic acids is 1. The first-order valence-corrected chi connectivity index (χ1v) is 6.49. The largest absolute Gasteiger partial charge is 0.480 e. The van der Waals surface area contributed by atoms with Gasteiger partial charge in [-0.05, 0) is 29.7 Å². The van der Waals surface area contributed by atoms with Gasteiger partial charge in [0.05, 0.1) is 0 Å². The van der Waals surface area contributed by atoms with Gasteiger partial charge in [0.2, 0.25) is 0 Å². The van der Waals surface area contributed by atoms with Crippen LogP contribution in [-0.4, -0.2) is 17.1 Å². The highest BCUT2D eigenvalue weighted by Gasteiger charge is 2.20. The molecule has 0 aliphatic carbocycles. The van der Waals surface area contributed by atoms with E-state index in [0.29, 0.717) is 11.6 Å². The summed E-state index contributed by atoms with van der Waals surface area (Å²) in [5.74, 6) is -0.815. The van der Waals surface area contributed by atoms with E-state index in [0.717, 1.165) is 10.0 Å². The van der Waals surface area contributed by atoms with Crippen molar-refractivity contribution in [2.75, 3.05) is 0 Å². The minimum atomic E-state index is -0.842. The van der Waals surface area contributed by atoms with Crippen LogP contribution in [0.3, 0.4) is 0 Å². The third-order valence-electron chi connectivity index (χ3n) is 2.45. The van der Waals surface area contributed by atoms with E-state index >= 15 is 0 Å². The van der Waals surface area contributed by atoms with E-state index < -0.39 is 12.0 Å². The van der Waals surface area contributed by atoms with Gasteiger partial charge in [-0.1, -0.05) is 41.4 Å². The molecular weight excluding hydrogens is 305 g/mol. The van der Waals surface area contributed by atoms with Crippen LogP contribution in [0.1, 0.15) is 19.4 Å². The quantitative estimate of drug-likeness (QED) is 0.875. The van der Waals surface area contributed by atoms with Gasteiger partial charge < -0.3 is 10.4 Å². The standard InChI is InChI=1S/C12H15BrClNO2/c1-7(2)11(12(16)17)15-6-8-5-9(13)3-4-10(8)14/h3-5,7,11,15H,6H2,1-2H3,(H,16,17)/t11-/m1/s1. The number of rotatable bonds is 5. The number of hydrogen-bond acceptors (Lipinski definition) is 2. The highest BCUT2D eigenvalue weighted by Crippen LogP contribution is 2.21. The third kappa shape index (κ3) is 4.30. The Labute approximate surface area is 114 Å². The molecule has 1 aromatic carbocycles. The first kappa shape index (κ1) is 14.5. The second kappa shape index (κ2) is 6.38. The molecular formula is C12H15BrClNO2. The molecule has 1 aromatic rings. The Kier molecular flexibility index (Phi) is 5.43. The van der Waals surface area contributed by atoms with Crippen molar-refractivity contribution in [1.29, 1.82) is 0 Å². The van der Waals surface area contributed by atoms with Crippen LogP contribution < -0.4 is 5.32 Å². The molecule has 1 rings (SSSR count). The normalized spacial score (nSPS) is 12.8. The van der Waals surface area contributed by atoms with Crippen molar-refractivity contribution >= 4 is 33.5 Å². The Hall–Kier alpha value is -0.580. The molecule has 0 heterocycles. The molecule has 17 heavy (non-hydrogen) atoms. The summed E-state index contributed by atoms with van der Waals surface area (Å²) < 4.78 is 0.926. The predicted molar refractivity (Wildman–Crippen MR) is 72.3 cm³/mol. The van der Waals surface area contributed by atoms with Gasteiger partial charge >= 0.3 is 5.97 Å². The molecule has 0 bridgehead atoms. The minimum Gasteiger partial charge on any atom is -0.480 e. The molecule has 0 saturated carbocycles. The van der Waals surface area contributed by atoms with Crippen molar-refractivity contribution in [3.63, 3.8) is 0 Å². The van der Waals surface area contributed by atoms with E-state index in [1.54, 1.807) is 6.07 Å². The first-order chi connectivity index (χ1) is 7.91. The van der Waals surface area contributed by atoms with Crippen LogP contribution in [-0.2, 0) is 11.3 Å². The molecule has 0 saturated heterocycles. The van der Waals surface area contributed by atoms with Gasteiger partial charge in [0.1, 0.15) is 6.04 Å². The highest BCUT2D eigenvalue weighted by molar-refractivity contribution is 9.10. The Balaban J connectivity index is 2.72. The molecule has 0 unspecified atom stereocenters. The molecule has 0 aliphatic rings. The summed E-state index contributed by atoms with van der Waals surface area (Å²) >= 11 is 9.39. The van der Waals surface area contributed by atoms with Crippen LogP contribution in [0.25, 0.3) is 0 Å². The third-order valence-corrected chi connectivity index (χ3v) is 3.31. The number of carboxylic acid groups (broad SMARTS) is 1. The number of carbonyl (C=O) groups is 1. The Bertz CT molecular complexity index is 409. The zero-order chi connectivity index (χ0) is 13.0. The number of hydrogen-bond donors (Lipinski definition) is 2. The van der Waals surface area contributed by atoms with Crippen LogP contribution in [0.2, 0.25) is 5.02 Å². The Morgan fingerprint density at radius 2 is 2.18 bits per heavy atom. The molecule has 2 N–H and O–H groups in total. The lowest BCUT2D eigenvalue weighted by Crippen LogP contribution is -2.40. The smallest absolute Gasteiger partial charge is 0.320 e. The topological polar surface area (TPSA) is 49.3 Å². The SMILES string of the molecule is CC(C)[C@@H](NCc1cc(Br)ccc1Cl)C(=O)O. The average Bonchev–Trinajstić information content (AvgIpc) is 2.22. The Morgan fingerprint density at radius 3 is 2.71 bits per heavy atom. The van der Waals surface area contributed by atoms with Gasteiger partial charge in [-0.3, -0.25) is 4.79 Å². The molecule has 1 atom stereocenters. The maximum atomic E-state index is 11.0. The fourth-order valence-corrected chi connectivity index (χ4v) is 2.10. The van der Waals surface area contributed by atoms with E-state index in [1.807, 2.05) is 26.0 Å². The second-order valence-corrected chi connectivity index (χ2v) is 5.50. The summed E-state index contributed by atoms with van der Waals surface area (Å²) in [4.78, 5) is 11.0. The Morgan fingerprint density at radius 1 is 1.53 bits per heavy atom. The zero-order valence-corrected chi connectivity index (χ0v) is 12.0. The van der Waals surface area contributed by atoms with Crippen molar-refractivity contribution in [3.8, 4) is 0 Å². The maximum Gasteiger partial charge on any atom is 0.320 e. The van der Waals surface area contributed by atoms with E-state index in [9.17, 15) is 4.79 Å². The van der Waals surface area contributed by atoms with E-state index in [-0.39, 0.29) is 5.92 Å². The fraction of sp³-hybridized carbons (Fsp3) is 0.417. The molecule has 5 heteroatoms. The van der Waals surface area contributed by atoms with Gasteiger partial charge in [0, 0.05) is 16.0 Å².